The van der Waals surface area contributed by atoms with Crippen molar-refractivity contribution in [1.82, 2.24) is 10.6 Å². The van der Waals surface area contributed by atoms with Crippen LogP contribution in [0.1, 0.15) is 38.7 Å². The number of rotatable bonds is 12. The van der Waals surface area contributed by atoms with E-state index >= 15 is 0 Å². The van der Waals surface area contributed by atoms with Crippen LogP contribution in [0.15, 0.2) is 30.3 Å². The Hall–Kier alpha value is -2.45. The molecule has 1 heterocycles. The van der Waals surface area contributed by atoms with Gasteiger partial charge in [0.1, 0.15) is 12.3 Å². The van der Waals surface area contributed by atoms with E-state index in [0.29, 0.717) is 6.42 Å². The van der Waals surface area contributed by atoms with E-state index in [9.17, 15) is 14.4 Å². The van der Waals surface area contributed by atoms with Crippen LogP contribution >= 0.6 is 0 Å². The van der Waals surface area contributed by atoms with Gasteiger partial charge in [0.15, 0.2) is 0 Å². The maximum absolute atomic E-state index is 12.9. The lowest BCUT2D eigenvalue weighted by Gasteiger charge is -2.23. The molecule has 0 aromatic heterocycles. The minimum atomic E-state index is -1.66. The quantitative estimate of drug-likeness (QED) is 0.235. The van der Waals surface area contributed by atoms with Crippen molar-refractivity contribution >= 4 is 17.8 Å². The Morgan fingerprint density at radius 2 is 1.86 bits per heavy atom. The number of benzene rings is 1. The number of epoxide rings is 1. The molecule has 1 saturated heterocycles. The van der Waals surface area contributed by atoms with Crippen LogP contribution in [-0.2, 0) is 35.0 Å². The number of esters is 1. The van der Waals surface area contributed by atoms with E-state index in [-0.39, 0.29) is 25.5 Å². The van der Waals surface area contributed by atoms with Crippen molar-refractivity contribution in [2.24, 2.45) is 0 Å². The third-order valence-electron chi connectivity index (χ3n) is 4.72. The molecule has 1 unspecified atom stereocenters. The predicted molar refractivity (Wildman–Crippen MR) is 106 cm³/mol. The number of ether oxygens (including phenoxy) is 3. The Labute approximate surface area is 171 Å². The summed E-state index contributed by atoms with van der Waals surface area (Å²) in [5, 5.41) is 5.48. The van der Waals surface area contributed by atoms with Crippen molar-refractivity contribution in [2.75, 3.05) is 20.3 Å². The lowest BCUT2D eigenvalue weighted by atomic mass is 10.0. The van der Waals surface area contributed by atoms with Crippen molar-refractivity contribution in [3.05, 3.63) is 35.9 Å². The summed E-state index contributed by atoms with van der Waals surface area (Å²) in [5.41, 5.74) is -0.786. The first-order valence-corrected chi connectivity index (χ1v) is 9.96. The van der Waals surface area contributed by atoms with Gasteiger partial charge in [0.25, 0.3) is 11.5 Å². The third-order valence-corrected chi connectivity index (χ3v) is 4.72. The second-order valence-corrected chi connectivity index (χ2v) is 6.93. The molecule has 0 bridgehead atoms. The fourth-order valence-corrected chi connectivity index (χ4v) is 2.89. The molecule has 0 saturated carbocycles. The Balaban J connectivity index is 2.11. The summed E-state index contributed by atoms with van der Waals surface area (Å²) in [6, 6.07) is 8.43. The average molecular weight is 406 g/mol. The molecule has 2 rings (SSSR count). The summed E-state index contributed by atoms with van der Waals surface area (Å²) in [6.07, 6.45) is 2.35. The van der Waals surface area contributed by atoms with Gasteiger partial charge in [0, 0.05) is 13.5 Å². The van der Waals surface area contributed by atoms with Gasteiger partial charge in [-0.25, -0.2) is 4.79 Å². The van der Waals surface area contributed by atoms with Crippen molar-refractivity contribution in [3.63, 3.8) is 0 Å². The van der Waals surface area contributed by atoms with Crippen molar-refractivity contribution in [3.8, 4) is 0 Å². The Morgan fingerprint density at radius 3 is 2.41 bits per heavy atom. The molecule has 1 aromatic carbocycles. The molecular formula is C21H30N2O6. The molecule has 0 radical (unpaired) electrons. The molecule has 29 heavy (non-hydrogen) atoms. The van der Waals surface area contributed by atoms with Crippen LogP contribution < -0.4 is 10.6 Å². The Bertz CT molecular complexity index is 690. The predicted octanol–water partition coefficient (Wildman–Crippen LogP) is 1.32. The van der Waals surface area contributed by atoms with Gasteiger partial charge >= 0.3 is 5.97 Å². The largest absolute Gasteiger partial charge is 0.463 e. The highest BCUT2D eigenvalue weighted by atomic mass is 16.6. The number of amides is 2. The third kappa shape index (κ3) is 6.27. The first kappa shape index (κ1) is 22.8. The number of hydrogen-bond acceptors (Lipinski definition) is 6. The van der Waals surface area contributed by atoms with Gasteiger partial charge in [-0.05, 0) is 25.3 Å². The summed E-state index contributed by atoms with van der Waals surface area (Å²) in [4.78, 5) is 37.7. The lowest BCUT2D eigenvalue weighted by molar-refractivity contribution is -0.154. The highest BCUT2D eigenvalue weighted by Crippen LogP contribution is 2.29. The smallest absolute Gasteiger partial charge is 0.350 e. The van der Waals surface area contributed by atoms with Crippen molar-refractivity contribution < 1.29 is 28.6 Å². The molecule has 3 atom stereocenters. The molecule has 0 spiro atoms. The van der Waals surface area contributed by atoms with E-state index in [4.69, 9.17) is 14.2 Å². The number of carbonyl (C=O) groups is 3. The van der Waals surface area contributed by atoms with Gasteiger partial charge in [-0.2, -0.15) is 0 Å². The summed E-state index contributed by atoms with van der Waals surface area (Å²) in [7, 11) is 1.53. The Kier molecular flexibility index (Phi) is 8.60. The molecule has 1 aliphatic rings. The zero-order chi connectivity index (χ0) is 21.3. The van der Waals surface area contributed by atoms with E-state index < -0.39 is 29.7 Å². The Morgan fingerprint density at radius 1 is 1.17 bits per heavy atom. The van der Waals surface area contributed by atoms with Gasteiger partial charge in [-0.1, -0.05) is 43.7 Å². The van der Waals surface area contributed by atoms with Crippen LogP contribution in [0.4, 0.5) is 0 Å². The second kappa shape index (κ2) is 10.9. The molecule has 1 fully saturated rings. The van der Waals surface area contributed by atoms with Crippen LogP contribution in [0.3, 0.4) is 0 Å². The topological polar surface area (TPSA) is 106 Å². The van der Waals surface area contributed by atoms with E-state index in [1.807, 2.05) is 30.3 Å². The molecule has 8 nitrogen and oxygen atoms in total. The van der Waals surface area contributed by atoms with Crippen molar-refractivity contribution in [1.29, 1.82) is 0 Å². The van der Waals surface area contributed by atoms with Crippen LogP contribution in [-0.4, -0.2) is 56.0 Å². The number of unbranched alkanes of at least 4 members (excludes halogenated alkanes) is 1. The van der Waals surface area contributed by atoms with Gasteiger partial charge < -0.3 is 24.8 Å². The molecule has 160 valence electrons. The first-order valence-electron chi connectivity index (χ1n) is 9.96. The summed E-state index contributed by atoms with van der Waals surface area (Å²) >= 11 is 0. The molecule has 2 amide bonds. The summed E-state index contributed by atoms with van der Waals surface area (Å²) in [6.45, 7) is 3.78. The number of hydrogen-bond donors (Lipinski definition) is 2. The monoisotopic (exact) mass is 406 g/mol. The van der Waals surface area contributed by atoms with Gasteiger partial charge in [0.2, 0.25) is 5.91 Å². The van der Waals surface area contributed by atoms with Gasteiger partial charge in [0.05, 0.1) is 13.2 Å². The number of methoxy groups -OCH3 is 1. The second-order valence-electron chi connectivity index (χ2n) is 6.93. The summed E-state index contributed by atoms with van der Waals surface area (Å²) < 4.78 is 15.4. The summed E-state index contributed by atoms with van der Waals surface area (Å²) in [5.74, 6) is -1.80. The van der Waals surface area contributed by atoms with E-state index in [2.05, 4.69) is 17.6 Å². The van der Waals surface area contributed by atoms with Crippen LogP contribution in [0.5, 0.6) is 0 Å². The number of nitrogens with one attached hydrogen (secondary N) is 2. The van der Waals surface area contributed by atoms with E-state index in [0.717, 1.165) is 18.4 Å². The number of carbonyl (C=O) groups excluding carboxylic acids is 3. The van der Waals surface area contributed by atoms with Crippen LogP contribution in [0, 0.1) is 0 Å². The van der Waals surface area contributed by atoms with E-state index in [1.165, 1.54) is 7.11 Å². The lowest BCUT2D eigenvalue weighted by Crippen LogP contribution is -2.55. The minimum Gasteiger partial charge on any atom is -0.463 e. The highest BCUT2D eigenvalue weighted by molar-refractivity contribution is 6.10. The molecular weight excluding hydrogens is 376 g/mol. The zero-order valence-corrected chi connectivity index (χ0v) is 17.2. The molecule has 1 aliphatic heterocycles. The molecule has 0 aliphatic carbocycles. The van der Waals surface area contributed by atoms with Gasteiger partial charge in [-0.15, -0.1) is 0 Å². The van der Waals surface area contributed by atoms with Crippen molar-refractivity contribution in [2.45, 2.75) is 57.4 Å². The SMILES string of the molecule is CCCCC(NC(=O)[C@H](Cc1ccccc1)NC(=O)[C@]1(C(=O)OCC)CO1)OC. The minimum absolute atomic E-state index is 0.0610. The maximum Gasteiger partial charge on any atom is 0.350 e. The first-order chi connectivity index (χ1) is 14.0. The van der Waals surface area contributed by atoms with E-state index in [1.54, 1.807) is 6.92 Å². The molecule has 1 aromatic rings. The maximum atomic E-state index is 12.9. The fraction of sp³-hybridized carbons (Fsp3) is 0.571. The van der Waals surface area contributed by atoms with Gasteiger partial charge in [-0.3, -0.25) is 9.59 Å². The van der Waals surface area contributed by atoms with Crippen LogP contribution in [0.25, 0.3) is 0 Å². The zero-order valence-electron chi connectivity index (χ0n) is 17.2. The molecule has 2 N–H and O–H groups in total. The van der Waals surface area contributed by atoms with Crippen LogP contribution in [0.2, 0.25) is 0 Å². The fourth-order valence-electron chi connectivity index (χ4n) is 2.89. The molecule has 8 heteroatoms. The average Bonchev–Trinajstić information content (AvgIpc) is 3.53. The standard InChI is InChI=1S/C21H30N2O6/c1-4-6-12-17(27-3)23-18(24)16(13-15-10-8-7-9-11-15)22-19(25)21(14-29-21)20(26)28-5-2/h7-11,16-17H,4-6,12-14H2,1-3H3,(H,22,25)(H,23,24)/t16-,17?,21-/m0/s1. The normalized spacial score (nSPS) is 19.7. The highest BCUT2D eigenvalue weighted by Gasteiger charge is 2.61.